The molecule has 0 radical (unpaired) electrons. The first-order valence-corrected chi connectivity index (χ1v) is 10.8. The molecule has 0 saturated carbocycles. The lowest BCUT2D eigenvalue weighted by Crippen LogP contribution is -2.68. The van der Waals surface area contributed by atoms with E-state index in [1.807, 2.05) is 19.1 Å². The van der Waals surface area contributed by atoms with Crippen molar-refractivity contribution in [2.75, 3.05) is 12.9 Å². The largest absolute Gasteiger partial charge is 0.497 e. The molecule has 1 fully saturated rings. The summed E-state index contributed by atoms with van der Waals surface area (Å²) in [5, 5.41) is -0.247. The normalized spacial score (nSPS) is 21.2. The summed E-state index contributed by atoms with van der Waals surface area (Å²) >= 11 is 3.06. The predicted octanol–water partition coefficient (Wildman–Crippen LogP) is 2.58. The first-order valence-electron chi connectivity index (χ1n) is 8.87. The summed E-state index contributed by atoms with van der Waals surface area (Å²) in [5.74, 6) is 0.733. The molecule has 2 aromatic rings. The average Bonchev–Trinajstić information content (AvgIpc) is 3.16. The van der Waals surface area contributed by atoms with Gasteiger partial charge in [-0.2, -0.15) is 0 Å². The van der Waals surface area contributed by atoms with E-state index < -0.39 is 12.0 Å². The number of aryl methyl sites for hydroxylation is 1. The van der Waals surface area contributed by atoms with Crippen molar-refractivity contribution >= 4 is 41.1 Å². The maximum absolute atomic E-state index is 13.0. The van der Waals surface area contributed by atoms with Crippen molar-refractivity contribution in [1.82, 2.24) is 9.88 Å². The number of β-lactam (4-membered cyclic amide) rings is 1. The van der Waals surface area contributed by atoms with Gasteiger partial charge in [0.05, 0.1) is 18.3 Å². The molecule has 2 aliphatic heterocycles. The highest BCUT2D eigenvalue weighted by molar-refractivity contribution is 8.00. The SMILES string of the molecule is COc1ccc(OC(=O)C2=C(/C=C\c3scnc3C)CSC3C(N)C(=O)N23)cc1. The van der Waals surface area contributed by atoms with Crippen LogP contribution in [-0.4, -0.2) is 46.0 Å². The van der Waals surface area contributed by atoms with E-state index >= 15 is 0 Å². The molecule has 3 heterocycles. The summed E-state index contributed by atoms with van der Waals surface area (Å²) in [7, 11) is 1.56. The zero-order valence-corrected chi connectivity index (χ0v) is 17.5. The fourth-order valence-corrected chi connectivity index (χ4v) is 5.06. The summed E-state index contributed by atoms with van der Waals surface area (Å²) in [6, 6.07) is 6.10. The van der Waals surface area contributed by atoms with Crippen molar-refractivity contribution in [3.05, 3.63) is 57.7 Å². The number of methoxy groups -OCH3 is 1. The minimum atomic E-state index is -0.599. The van der Waals surface area contributed by atoms with Crippen LogP contribution in [0.15, 0.2) is 47.1 Å². The Bertz CT molecular complexity index is 1010. The van der Waals surface area contributed by atoms with Crippen LogP contribution in [0.3, 0.4) is 0 Å². The maximum atomic E-state index is 13.0. The molecule has 150 valence electrons. The van der Waals surface area contributed by atoms with Gasteiger partial charge < -0.3 is 15.2 Å². The van der Waals surface area contributed by atoms with Crippen LogP contribution in [0.25, 0.3) is 6.08 Å². The van der Waals surface area contributed by atoms with Crippen LogP contribution in [0.4, 0.5) is 0 Å². The van der Waals surface area contributed by atoms with Crippen LogP contribution >= 0.6 is 23.1 Å². The van der Waals surface area contributed by atoms with Gasteiger partial charge in [-0.05, 0) is 42.8 Å². The van der Waals surface area contributed by atoms with Crippen LogP contribution in [0.1, 0.15) is 10.6 Å². The second-order valence-corrected chi connectivity index (χ2v) is 8.50. The number of aromatic nitrogens is 1. The minimum Gasteiger partial charge on any atom is -0.497 e. The van der Waals surface area contributed by atoms with E-state index in [-0.39, 0.29) is 17.0 Å². The van der Waals surface area contributed by atoms with E-state index in [1.165, 1.54) is 16.2 Å². The van der Waals surface area contributed by atoms with Gasteiger partial charge in [0.2, 0.25) is 5.91 Å². The molecule has 0 aliphatic carbocycles. The molecule has 1 aromatic carbocycles. The van der Waals surface area contributed by atoms with Crippen molar-refractivity contribution in [3.8, 4) is 11.5 Å². The number of hydrogen-bond donors (Lipinski definition) is 1. The predicted molar refractivity (Wildman–Crippen MR) is 113 cm³/mol. The number of thioether (sulfide) groups is 1. The number of carbonyl (C=O) groups is 2. The zero-order chi connectivity index (χ0) is 20.5. The molecule has 7 nitrogen and oxygen atoms in total. The third-order valence-corrected chi connectivity index (χ3v) is 6.94. The van der Waals surface area contributed by atoms with Crippen LogP contribution in [-0.2, 0) is 9.59 Å². The smallest absolute Gasteiger partial charge is 0.360 e. The standard InChI is InChI=1S/C20H19N3O4S2/c1-11-15(29-10-22-11)8-3-12-9-28-19-16(21)18(24)23(19)17(12)20(25)27-14-6-4-13(26-2)5-7-14/h3-8,10,16,19H,9,21H2,1-2H3/b8-3-. The number of carbonyl (C=O) groups excluding carboxylic acids is 2. The second-order valence-electron chi connectivity index (χ2n) is 6.51. The Morgan fingerprint density at radius 3 is 2.66 bits per heavy atom. The lowest BCUT2D eigenvalue weighted by molar-refractivity contribution is -0.146. The molecule has 1 amide bonds. The van der Waals surface area contributed by atoms with Gasteiger partial charge >= 0.3 is 5.97 Å². The fourth-order valence-electron chi connectivity index (χ4n) is 3.10. The fraction of sp³-hybridized carbons (Fsp3) is 0.250. The van der Waals surface area contributed by atoms with Gasteiger partial charge in [0.15, 0.2) is 0 Å². The average molecular weight is 430 g/mol. The Morgan fingerprint density at radius 1 is 1.28 bits per heavy atom. The molecule has 2 N–H and O–H groups in total. The van der Waals surface area contributed by atoms with Gasteiger partial charge in [0.25, 0.3) is 0 Å². The van der Waals surface area contributed by atoms with Crippen molar-refractivity contribution in [3.63, 3.8) is 0 Å². The summed E-state index contributed by atoms with van der Waals surface area (Å²) < 4.78 is 10.7. The highest BCUT2D eigenvalue weighted by Crippen LogP contribution is 2.40. The first-order chi connectivity index (χ1) is 14.0. The van der Waals surface area contributed by atoms with E-state index in [1.54, 1.807) is 48.6 Å². The molecule has 4 rings (SSSR count). The summed E-state index contributed by atoms with van der Waals surface area (Å²) in [6.45, 7) is 1.92. The van der Waals surface area contributed by atoms with E-state index in [2.05, 4.69) is 4.98 Å². The van der Waals surface area contributed by atoms with Gasteiger partial charge in [-0.25, -0.2) is 9.78 Å². The van der Waals surface area contributed by atoms with Crippen molar-refractivity contribution in [2.24, 2.45) is 5.73 Å². The molecule has 1 saturated heterocycles. The Hall–Kier alpha value is -2.62. The third-order valence-electron chi connectivity index (χ3n) is 4.72. The van der Waals surface area contributed by atoms with Crippen molar-refractivity contribution < 1.29 is 19.1 Å². The van der Waals surface area contributed by atoms with Crippen LogP contribution in [0.5, 0.6) is 11.5 Å². The maximum Gasteiger partial charge on any atom is 0.360 e. The monoisotopic (exact) mass is 429 g/mol. The second kappa shape index (κ2) is 8.02. The molecule has 2 aliphatic rings. The Labute approximate surface area is 176 Å². The number of thiazole rings is 1. The van der Waals surface area contributed by atoms with Crippen LogP contribution in [0, 0.1) is 6.92 Å². The Balaban J connectivity index is 1.65. The van der Waals surface area contributed by atoms with Gasteiger partial charge in [0, 0.05) is 10.6 Å². The molecule has 9 heteroatoms. The van der Waals surface area contributed by atoms with E-state index in [0.29, 0.717) is 17.3 Å². The van der Waals surface area contributed by atoms with Crippen LogP contribution < -0.4 is 15.2 Å². The summed E-state index contributed by atoms with van der Waals surface area (Å²) in [5.41, 5.74) is 9.56. The molecular formula is C20H19N3O4S2. The highest BCUT2D eigenvalue weighted by atomic mass is 32.2. The molecule has 2 unspecified atom stereocenters. The topological polar surface area (TPSA) is 94.7 Å². The number of esters is 1. The zero-order valence-electron chi connectivity index (χ0n) is 15.8. The molecule has 0 bridgehead atoms. The number of fused-ring (bicyclic) bond motifs is 1. The molecule has 2 atom stereocenters. The highest BCUT2D eigenvalue weighted by Gasteiger charge is 2.51. The summed E-state index contributed by atoms with van der Waals surface area (Å²) in [4.78, 5) is 32.1. The number of benzene rings is 1. The number of amides is 1. The quantitative estimate of drug-likeness (QED) is 0.443. The first kappa shape index (κ1) is 19.7. The van der Waals surface area contributed by atoms with Crippen LogP contribution in [0.2, 0.25) is 0 Å². The van der Waals surface area contributed by atoms with Crippen molar-refractivity contribution in [1.29, 1.82) is 0 Å². The van der Waals surface area contributed by atoms with Gasteiger partial charge in [-0.1, -0.05) is 6.08 Å². The third kappa shape index (κ3) is 3.68. The van der Waals surface area contributed by atoms with Gasteiger partial charge in [-0.3, -0.25) is 9.69 Å². The number of hydrogen-bond acceptors (Lipinski definition) is 8. The lowest BCUT2D eigenvalue weighted by Gasteiger charge is -2.48. The van der Waals surface area contributed by atoms with Gasteiger partial charge in [-0.15, -0.1) is 23.1 Å². The number of ether oxygens (including phenoxy) is 2. The number of nitrogens with two attached hydrogens (primary N) is 1. The van der Waals surface area contributed by atoms with E-state index in [9.17, 15) is 9.59 Å². The number of nitrogens with zero attached hydrogens (tertiary/aromatic N) is 2. The van der Waals surface area contributed by atoms with Gasteiger partial charge in [0.1, 0.15) is 28.6 Å². The molecule has 1 aromatic heterocycles. The van der Waals surface area contributed by atoms with E-state index in [0.717, 1.165) is 16.1 Å². The number of allylic oxidation sites excluding steroid dienone is 1. The minimum absolute atomic E-state index is 0.245. The lowest BCUT2D eigenvalue weighted by atomic mass is 10.0. The molecule has 29 heavy (non-hydrogen) atoms. The molecular weight excluding hydrogens is 410 g/mol. The van der Waals surface area contributed by atoms with E-state index in [4.69, 9.17) is 15.2 Å². The number of rotatable bonds is 5. The Kier molecular flexibility index (Phi) is 5.44. The summed E-state index contributed by atoms with van der Waals surface area (Å²) in [6.07, 6.45) is 3.76. The Morgan fingerprint density at radius 2 is 2.00 bits per heavy atom. The molecule has 0 spiro atoms. The van der Waals surface area contributed by atoms with Crippen molar-refractivity contribution in [2.45, 2.75) is 18.3 Å².